The Balaban J connectivity index is 1.66. The van der Waals surface area contributed by atoms with Crippen molar-refractivity contribution in [1.82, 2.24) is 5.01 Å². The Morgan fingerprint density at radius 3 is 2.33 bits per heavy atom. The van der Waals surface area contributed by atoms with E-state index in [-0.39, 0.29) is 10.6 Å². The summed E-state index contributed by atoms with van der Waals surface area (Å²) in [6.07, 6.45) is 3.30. The lowest BCUT2D eigenvalue weighted by Gasteiger charge is -2.41. The van der Waals surface area contributed by atoms with Crippen LogP contribution in [0.1, 0.15) is 18.4 Å². The maximum Gasteiger partial charge on any atom is 0.277 e. The van der Waals surface area contributed by atoms with Gasteiger partial charge in [-0.2, -0.15) is 0 Å². The van der Waals surface area contributed by atoms with Gasteiger partial charge in [0.05, 0.1) is 16.0 Å². The van der Waals surface area contributed by atoms with E-state index >= 15 is 0 Å². The second kappa shape index (κ2) is 7.76. The Morgan fingerprint density at radius 1 is 0.852 bits per heavy atom. The van der Waals surface area contributed by atoms with Crippen molar-refractivity contribution in [2.24, 2.45) is 0 Å². The van der Waals surface area contributed by atoms with Gasteiger partial charge >= 0.3 is 0 Å². The summed E-state index contributed by atoms with van der Waals surface area (Å²) in [7, 11) is 0. The van der Waals surface area contributed by atoms with E-state index in [2.05, 4.69) is 34.3 Å². The van der Waals surface area contributed by atoms with Crippen LogP contribution in [-0.4, -0.2) is 29.6 Å². The van der Waals surface area contributed by atoms with Crippen LogP contribution >= 0.6 is 0 Å². The van der Waals surface area contributed by atoms with Crippen molar-refractivity contribution in [2.45, 2.75) is 19.3 Å². The lowest BCUT2D eigenvalue weighted by molar-refractivity contribution is -0.383. The molecule has 0 amide bonds. The monoisotopic (exact) mass is 361 g/mol. The van der Waals surface area contributed by atoms with Gasteiger partial charge in [0, 0.05) is 31.1 Å². The molecule has 0 aliphatic carbocycles. The Labute approximate surface area is 158 Å². The van der Waals surface area contributed by atoms with Crippen molar-refractivity contribution in [3.8, 4) is 0 Å². The van der Waals surface area contributed by atoms with Gasteiger partial charge in [0.2, 0.25) is 0 Å². The van der Waals surface area contributed by atoms with E-state index in [0.717, 1.165) is 43.5 Å². The van der Waals surface area contributed by atoms with E-state index in [0.29, 0.717) is 5.39 Å². The number of hydrogen-bond donors (Lipinski definition) is 0. The predicted octanol–water partition coefficient (Wildman–Crippen LogP) is 4.81. The van der Waals surface area contributed by atoms with Crippen LogP contribution in [0.2, 0.25) is 0 Å². The summed E-state index contributed by atoms with van der Waals surface area (Å²) in [5.74, 6) is 0. The molecule has 1 fully saturated rings. The number of hydrazine groups is 1. The molecule has 3 aromatic rings. The fourth-order valence-electron chi connectivity index (χ4n) is 3.88. The van der Waals surface area contributed by atoms with Gasteiger partial charge < -0.3 is 5.01 Å². The fourth-order valence-corrected chi connectivity index (χ4v) is 3.88. The summed E-state index contributed by atoms with van der Waals surface area (Å²) in [6, 6.07) is 21.7. The molecule has 27 heavy (non-hydrogen) atoms. The highest BCUT2D eigenvalue weighted by Gasteiger charge is 2.23. The number of rotatable bonds is 5. The van der Waals surface area contributed by atoms with Gasteiger partial charge in [-0.3, -0.25) is 10.1 Å². The minimum Gasteiger partial charge on any atom is -0.305 e. The molecule has 4 rings (SSSR count). The minimum absolute atomic E-state index is 0.169. The number of nitro groups is 1. The van der Waals surface area contributed by atoms with Crippen LogP contribution in [0.25, 0.3) is 10.8 Å². The Hall–Kier alpha value is -2.92. The van der Waals surface area contributed by atoms with Gasteiger partial charge in [0.15, 0.2) is 0 Å². The SMILES string of the molecule is O=[N+]([O-])c1ccc(N2CCCCN2CCc2ccccc2)c2ccccc12. The van der Waals surface area contributed by atoms with Gasteiger partial charge in [-0.15, -0.1) is 0 Å². The summed E-state index contributed by atoms with van der Waals surface area (Å²) in [5, 5.41) is 17.8. The van der Waals surface area contributed by atoms with E-state index in [1.54, 1.807) is 6.07 Å². The van der Waals surface area contributed by atoms with Crippen LogP contribution in [0.5, 0.6) is 0 Å². The molecule has 1 saturated heterocycles. The van der Waals surface area contributed by atoms with Crippen molar-refractivity contribution in [2.75, 3.05) is 24.6 Å². The third-order valence-electron chi connectivity index (χ3n) is 5.23. The van der Waals surface area contributed by atoms with Crippen LogP contribution in [-0.2, 0) is 6.42 Å². The second-order valence-electron chi connectivity index (χ2n) is 6.93. The van der Waals surface area contributed by atoms with Crippen LogP contribution in [0.3, 0.4) is 0 Å². The summed E-state index contributed by atoms with van der Waals surface area (Å²) in [6.45, 7) is 2.89. The number of anilines is 1. The van der Waals surface area contributed by atoms with E-state index in [1.807, 2.05) is 36.4 Å². The maximum atomic E-state index is 11.4. The topological polar surface area (TPSA) is 49.6 Å². The van der Waals surface area contributed by atoms with E-state index in [1.165, 1.54) is 12.0 Å². The number of hydrogen-bond acceptors (Lipinski definition) is 4. The maximum absolute atomic E-state index is 11.4. The largest absolute Gasteiger partial charge is 0.305 e. The van der Waals surface area contributed by atoms with Crippen LogP contribution in [0.15, 0.2) is 66.7 Å². The molecule has 0 spiro atoms. The van der Waals surface area contributed by atoms with E-state index in [4.69, 9.17) is 0 Å². The first-order valence-electron chi connectivity index (χ1n) is 9.46. The zero-order valence-corrected chi connectivity index (χ0v) is 15.3. The zero-order chi connectivity index (χ0) is 18.6. The van der Waals surface area contributed by atoms with Gasteiger partial charge in [0.1, 0.15) is 0 Å². The third kappa shape index (κ3) is 3.64. The highest BCUT2D eigenvalue weighted by Crippen LogP contribution is 2.35. The molecule has 0 N–H and O–H groups in total. The molecule has 0 atom stereocenters. The molecule has 0 bridgehead atoms. The molecule has 1 aliphatic rings. The molecular weight excluding hydrogens is 338 g/mol. The number of benzene rings is 3. The number of non-ortho nitro benzene ring substituents is 1. The first-order valence-corrected chi connectivity index (χ1v) is 9.46. The Morgan fingerprint density at radius 2 is 1.56 bits per heavy atom. The Kier molecular flexibility index (Phi) is 5.03. The molecule has 5 nitrogen and oxygen atoms in total. The smallest absolute Gasteiger partial charge is 0.277 e. The van der Waals surface area contributed by atoms with Gasteiger partial charge in [-0.25, -0.2) is 5.01 Å². The highest BCUT2D eigenvalue weighted by atomic mass is 16.6. The Bertz CT molecular complexity index is 943. The molecule has 0 saturated carbocycles. The van der Waals surface area contributed by atoms with Crippen molar-refractivity contribution in [3.05, 3.63) is 82.4 Å². The van der Waals surface area contributed by atoms with Crippen molar-refractivity contribution in [1.29, 1.82) is 0 Å². The summed E-state index contributed by atoms with van der Waals surface area (Å²) < 4.78 is 0. The summed E-state index contributed by atoms with van der Waals surface area (Å²) in [4.78, 5) is 11.1. The summed E-state index contributed by atoms with van der Waals surface area (Å²) >= 11 is 0. The molecule has 3 aromatic carbocycles. The van der Waals surface area contributed by atoms with Gasteiger partial charge in [0.25, 0.3) is 5.69 Å². The molecule has 0 radical (unpaired) electrons. The van der Waals surface area contributed by atoms with Crippen LogP contribution in [0, 0.1) is 10.1 Å². The van der Waals surface area contributed by atoms with Gasteiger partial charge in [-0.05, 0) is 37.0 Å². The average molecular weight is 361 g/mol. The molecule has 1 aliphatic heterocycles. The molecular formula is C22H23N3O2. The number of nitro benzene ring substituents is 1. The molecule has 1 heterocycles. The molecule has 0 unspecified atom stereocenters. The minimum atomic E-state index is -0.296. The average Bonchev–Trinajstić information content (AvgIpc) is 2.72. The first-order chi connectivity index (χ1) is 13.2. The van der Waals surface area contributed by atoms with Gasteiger partial charge in [-0.1, -0.05) is 48.5 Å². The predicted molar refractivity (Wildman–Crippen MR) is 109 cm³/mol. The zero-order valence-electron chi connectivity index (χ0n) is 15.3. The fraction of sp³-hybridized carbons (Fsp3) is 0.273. The van der Waals surface area contributed by atoms with E-state index < -0.39 is 0 Å². The summed E-state index contributed by atoms with van der Waals surface area (Å²) in [5.41, 5.74) is 2.56. The highest BCUT2D eigenvalue weighted by molar-refractivity contribution is 5.99. The third-order valence-corrected chi connectivity index (χ3v) is 5.23. The van der Waals surface area contributed by atoms with E-state index in [9.17, 15) is 10.1 Å². The first kappa shape index (κ1) is 17.5. The number of nitrogens with zero attached hydrogens (tertiary/aromatic N) is 3. The standard InChI is InChI=1S/C22H23N3O2/c26-25(27)22-13-12-21(19-10-4-5-11-20(19)22)24-16-7-6-15-23(24)17-14-18-8-2-1-3-9-18/h1-5,8-13H,6-7,14-17H2. The molecule has 5 heteroatoms. The quantitative estimate of drug-likeness (QED) is 0.483. The molecule has 0 aromatic heterocycles. The molecule has 138 valence electrons. The van der Waals surface area contributed by atoms with Crippen molar-refractivity contribution in [3.63, 3.8) is 0 Å². The second-order valence-corrected chi connectivity index (χ2v) is 6.93. The van der Waals surface area contributed by atoms with Crippen molar-refractivity contribution < 1.29 is 4.92 Å². The van der Waals surface area contributed by atoms with Crippen molar-refractivity contribution >= 4 is 22.1 Å². The normalized spacial score (nSPS) is 15.2. The van der Waals surface area contributed by atoms with Crippen LogP contribution in [0.4, 0.5) is 11.4 Å². The van der Waals surface area contributed by atoms with Crippen LogP contribution < -0.4 is 5.01 Å². The lowest BCUT2D eigenvalue weighted by atomic mass is 10.1. The number of fused-ring (bicyclic) bond motifs is 1. The lowest BCUT2D eigenvalue weighted by Crippen LogP contribution is -2.48.